The monoisotopic (exact) mass is 308 g/mol. The van der Waals surface area contributed by atoms with Crippen LogP contribution in [0.15, 0.2) is 47.3 Å². The molecule has 23 heavy (non-hydrogen) atoms. The van der Waals surface area contributed by atoms with Crippen molar-refractivity contribution in [1.29, 1.82) is 0 Å². The van der Waals surface area contributed by atoms with Crippen molar-refractivity contribution in [2.24, 2.45) is 0 Å². The minimum atomic E-state index is -0.0725. The zero-order valence-electron chi connectivity index (χ0n) is 13.0. The Hall–Kier alpha value is -2.40. The maximum atomic E-state index is 12.2. The second-order valence-corrected chi connectivity index (χ2v) is 6.17. The summed E-state index contributed by atoms with van der Waals surface area (Å²) in [6.07, 6.45) is 2.58. The van der Waals surface area contributed by atoms with Crippen molar-refractivity contribution in [2.45, 2.75) is 25.3 Å². The number of rotatable bonds is 3. The average molecular weight is 308 g/mol. The molecule has 2 aromatic carbocycles. The zero-order chi connectivity index (χ0) is 15.6. The highest BCUT2D eigenvalue weighted by molar-refractivity contribution is 5.83. The first kappa shape index (κ1) is 14.2. The molecule has 1 aliphatic heterocycles. The van der Waals surface area contributed by atoms with Gasteiger partial charge in [0.1, 0.15) is 5.69 Å². The van der Waals surface area contributed by atoms with Crippen molar-refractivity contribution >= 4 is 10.8 Å². The van der Waals surface area contributed by atoms with Crippen LogP contribution in [0.5, 0.6) is 0 Å². The molecule has 2 heterocycles. The van der Waals surface area contributed by atoms with Gasteiger partial charge in [0.2, 0.25) is 0 Å². The van der Waals surface area contributed by atoms with Crippen LogP contribution in [0.2, 0.25) is 0 Å². The lowest BCUT2D eigenvalue weighted by molar-refractivity contribution is 0.312. The fraction of sp³-hybridized carbons (Fsp3) is 0.333. The second-order valence-electron chi connectivity index (χ2n) is 6.17. The Morgan fingerprint density at radius 1 is 1.09 bits per heavy atom. The van der Waals surface area contributed by atoms with Gasteiger partial charge < -0.3 is 5.32 Å². The van der Waals surface area contributed by atoms with E-state index in [4.69, 9.17) is 0 Å². The van der Waals surface area contributed by atoms with E-state index in [1.54, 1.807) is 4.80 Å². The lowest BCUT2D eigenvalue weighted by atomic mass is 10.0. The molecular weight excluding hydrogens is 288 g/mol. The quantitative estimate of drug-likeness (QED) is 0.780. The summed E-state index contributed by atoms with van der Waals surface area (Å²) in [5, 5.41) is 13.2. The largest absolute Gasteiger partial charge is 0.317 e. The SMILES string of the molecule is O=c1[nH]n(C2CCNCC2)nc1Cc1ccc2ccccc2c1. The molecule has 0 aliphatic carbocycles. The van der Waals surface area contributed by atoms with E-state index < -0.39 is 0 Å². The summed E-state index contributed by atoms with van der Waals surface area (Å²) in [5.41, 5.74) is 1.64. The van der Waals surface area contributed by atoms with Crippen LogP contribution >= 0.6 is 0 Å². The number of fused-ring (bicyclic) bond motifs is 1. The van der Waals surface area contributed by atoms with Crippen molar-refractivity contribution in [3.8, 4) is 0 Å². The molecule has 1 fully saturated rings. The Kier molecular flexibility index (Phi) is 3.71. The number of hydrogen-bond acceptors (Lipinski definition) is 3. The molecule has 3 aromatic rings. The molecule has 0 spiro atoms. The molecule has 0 saturated carbocycles. The number of H-pyrrole nitrogens is 1. The van der Waals surface area contributed by atoms with Crippen LogP contribution in [0, 0.1) is 0 Å². The highest BCUT2D eigenvalue weighted by Crippen LogP contribution is 2.18. The maximum Gasteiger partial charge on any atom is 0.287 e. The Morgan fingerprint density at radius 3 is 2.70 bits per heavy atom. The topological polar surface area (TPSA) is 62.7 Å². The van der Waals surface area contributed by atoms with Crippen LogP contribution in [0.1, 0.15) is 30.1 Å². The van der Waals surface area contributed by atoms with Gasteiger partial charge in [0.15, 0.2) is 0 Å². The highest BCUT2D eigenvalue weighted by Gasteiger charge is 2.18. The Bertz CT molecular complexity index is 874. The first-order valence-electron chi connectivity index (χ1n) is 8.16. The Labute approximate surface area is 134 Å². The van der Waals surface area contributed by atoms with Crippen molar-refractivity contribution in [1.82, 2.24) is 20.3 Å². The number of aromatic nitrogens is 3. The number of nitrogens with one attached hydrogen (secondary N) is 2. The third-order valence-electron chi connectivity index (χ3n) is 4.55. The third-order valence-corrected chi connectivity index (χ3v) is 4.55. The van der Waals surface area contributed by atoms with Crippen molar-refractivity contribution in [3.05, 3.63) is 64.1 Å². The standard InChI is InChI=1S/C18H20N4O/c23-18-17(20-22(21-18)16-7-9-19-10-8-16)12-13-5-6-14-3-1-2-4-15(14)11-13/h1-6,11,16,19H,7-10,12H2,(H,21,23). The van der Waals surface area contributed by atoms with Gasteiger partial charge in [-0.2, -0.15) is 5.10 Å². The molecule has 0 amide bonds. The van der Waals surface area contributed by atoms with Crippen molar-refractivity contribution < 1.29 is 0 Å². The summed E-state index contributed by atoms with van der Waals surface area (Å²) < 4.78 is 0. The van der Waals surface area contributed by atoms with Crippen molar-refractivity contribution in [3.63, 3.8) is 0 Å². The van der Waals surface area contributed by atoms with Gasteiger partial charge in [-0.05, 0) is 42.3 Å². The number of hydrogen-bond donors (Lipinski definition) is 2. The predicted octanol–water partition coefficient (Wildman–Crippen LogP) is 2.24. The maximum absolute atomic E-state index is 12.2. The normalized spacial score (nSPS) is 16.0. The van der Waals surface area contributed by atoms with Crippen LogP contribution in [0.25, 0.3) is 10.8 Å². The van der Waals surface area contributed by atoms with E-state index >= 15 is 0 Å². The molecule has 0 bridgehead atoms. The van der Waals surface area contributed by atoms with Gasteiger partial charge >= 0.3 is 0 Å². The van der Waals surface area contributed by atoms with E-state index in [1.165, 1.54) is 10.8 Å². The molecule has 118 valence electrons. The van der Waals surface area contributed by atoms with Crippen LogP contribution < -0.4 is 10.9 Å². The van der Waals surface area contributed by atoms with Crippen LogP contribution in [0.4, 0.5) is 0 Å². The van der Waals surface area contributed by atoms with Gasteiger partial charge in [-0.1, -0.05) is 42.5 Å². The molecule has 1 aliphatic rings. The van der Waals surface area contributed by atoms with E-state index in [9.17, 15) is 4.79 Å². The molecule has 1 aromatic heterocycles. The summed E-state index contributed by atoms with van der Waals surface area (Å²) >= 11 is 0. The third kappa shape index (κ3) is 2.92. The molecule has 4 rings (SSSR count). The molecule has 1 saturated heterocycles. The minimum Gasteiger partial charge on any atom is -0.317 e. The molecule has 2 N–H and O–H groups in total. The van der Waals surface area contributed by atoms with Gasteiger partial charge in [-0.25, -0.2) is 9.90 Å². The van der Waals surface area contributed by atoms with Gasteiger partial charge in [0.25, 0.3) is 5.56 Å². The summed E-state index contributed by atoms with van der Waals surface area (Å²) in [6.45, 7) is 1.96. The smallest absolute Gasteiger partial charge is 0.287 e. The van der Waals surface area contributed by atoms with E-state index in [-0.39, 0.29) is 5.56 Å². The molecule has 0 unspecified atom stereocenters. The zero-order valence-corrected chi connectivity index (χ0v) is 13.0. The van der Waals surface area contributed by atoms with E-state index in [1.807, 2.05) is 12.1 Å². The first-order valence-corrected chi connectivity index (χ1v) is 8.16. The van der Waals surface area contributed by atoms with Gasteiger partial charge in [0.05, 0.1) is 6.04 Å². The second kappa shape index (κ2) is 6.01. The summed E-state index contributed by atoms with van der Waals surface area (Å²) in [6, 6.07) is 14.9. The van der Waals surface area contributed by atoms with E-state index in [2.05, 4.69) is 45.8 Å². The first-order chi connectivity index (χ1) is 11.3. The fourth-order valence-electron chi connectivity index (χ4n) is 3.25. The molecule has 5 heteroatoms. The van der Waals surface area contributed by atoms with Gasteiger partial charge in [0, 0.05) is 6.42 Å². The van der Waals surface area contributed by atoms with Gasteiger partial charge in [-0.15, -0.1) is 0 Å². The van der Waals surface area contributed by atoms with Gasteiger partial charge in [-0.3, -0.25) is 4.79 Å². The lowest BCUT2D eigenvalue weighted by Gasteiger charge is -2.21. The summed E-state index contributed by atoms with van der Waals surface area (Å²) in [5.74, 6) is 0. The minimum absolute atomic E-state index is 0.0725. The Balaban J connectivity index is 1.60. The average Bonchev–Trinajstić information content (AvgIpc) is 2.96. The van der Waals surface area contributed by atoms with Crippen LogP contribution in [-0.4, -0.2) is 28.1 Å². The molecule has 5 nitrogen and oxygen atoms in total. The predicted molar refractivity (Wildman–Crippen MR) is 90.7 cm³/mol. The fourth-order valence-corrected chi connectivity index (χ4v) is 3.25. The van der Waals surface area contributed by atoms with Crippen LogP contribution in [0.3, 0.4) is 0 Å². The van der Waals surface area contributed by atoms with E-state index in [0.717, 1.165) is 31.5 Å². The highest BCUT2D eigenvalue weighted by atomic mass is 16.1. The lowest BCUT2D eigenvalue weighted by Crippen LogP contribution is -2.30. The number of aromatic amines is 1. The summed E-state index contributed by atoms with van der Waals surface area (Å²) in [4.78, 5) is 14.0. The molecule has 0 atom stereocenters. The number of benzene rings is 2. The molecule has 0 radical (unpaired) electrons. The van der Waals surface area contributed by atoms with Crippen molar-refractivity contribution in [2.75, 3.05) is 13.1 Å². The number of piperidine rings is 1. The molecular formula is C18H20N4O. The summed E-state index contributed by atoms with van der Waals surface area (Å²) in [7, 11) is 0. The Morgan fingerprint density at radius 2 is 1.87 bits per heavy atom. The van der Waals surface area contributed by atoms with E-state index in [0.29, 0.717) is 18.2 Å². The van der Waals surface area contributed by atoms with Crippen LogP contribution in [-0.2, 0) is 6.42 Å². The number of nitrogens with zero attached hydrogens (tertiary/aromatic N) is 2.